The Hall–Kier alpha value is -3.66. The maximum absolute atomic E-state index is 7.23. The van der Waals surface area contributed by atoms with Gasteiger partial charge in [-0.1, -0.05) is 146 Å². The van der Waals surface area contributed by atoms with Gasteiger partial charge in [-0.15, -0.1) is 0 Å². The Morgan fingerprint density at radius 3 is 1.92 bits per heavy atom. The van der Waals surface area contributed by atoms with E-state index in [1.807, 2.05) is 0 Å². The topological polar surface area (TPSA) is 19.6 Å². The van der Waals surface area contributed by atoms with Crippen LogP contribution in [0.3, 0.4) is 0 Å². The van der Waals surface area contributed by atoms with Gasteiger partial charge in [-0.25, -0.2) is 0 Å². The zero-order valence-electron chi connectivity index (χ0n) is 42.5. The van der Waals surface area contributed by atoms with Crippen molar-refractivity contribution in [2.45, 2.75) is 180 Å². The molecular weight excluding hydrogens is 751 g/mol. The van der Waals surface area contributed by atoms with Crippen molar-refractivity contribution in [3.8, 4) is 0 Å². The fourth-order valence-electron chi connectivity index (χ4n) is 11.1. The second-order valence-corrected chi connectivity index (χ2v) is 23.9. The van der Waals surface area contributed by atoms with E-state index in [2.05, 4.69) is 202 Å². The van der Waals surface area contributed by atoms with Crippen LogP contribution in [0.2, 0.25) is 0 Å². The molecule has 1 aliphatic heterocycles. The molecule has 4 aliphatic carbocycles. The summed E-state index contributed by atoms with van der Waals surface area (Å²) < 4.78 is 7.23. The summed E-state index contributed by atoms with van der Waals surface area (Å²) in [6, 6.07) is 4.99. The molecule has 0 unspecified atom stereocenters. The molecule has 2 heterocycles. The third kappa shape index (κ3) is 9.42. The average molecular weight is 836 g/mol. The minimum atomic E-state index is -0.0863. The molecule has 2 aromatic rings. The molecule has 1 radical (unpaired) electrons. The lowest BCUT2D eigenvalue weighted by molar-refractivity contribution is 0.188. The summed E-state index contributed by atoms with van der Waals surface area (Å²) in [4.78, 5) is 5.04. The Morgan fingerprint density at radius 1 is 0.823 bits per heavy atom. The number of nitrogens with zero attached hydrogens (tertiary/aromatic N) is 2. The molecule has 7 rings (SSSR count). The van der Waals surface area contributed by atoms with E-state index < -0.39 is 0 Å². The molecule has 2 fully saturated rings. The van der Waals surface area contributed by atoms with Gasteiger partial charge in [0.25, 0.3) is 0 Å². The van der Waals surface area contributed by atoms with E-state index in [0.29, 0.717) is 12.5 Å². The second-order valence-electron chi connectivity index (χ2n) is 23.9. The lowest BCUT2D eigenvalue weighted by Gasteiger charge is -2.52. The average Bonchev–Trinajstić information content (AvgIpc) is 3.52. The molecule has 0 amide bonds. The van der Waals surface area contributed by atoms with Gasteiger partial charge in [0.2, 0.25) is 7.28 Å². The fourth-order valence-corrected chi connectivity index (χ4v) is 11.1. The van der Waals surface area contributed by atoms with Gasteiger partial charge in [0.15, 0.2) is 0 Å². The molecule has 335 valence electrons. The van der Waals surface area contributed by atoms with Gasteiger partial charge < -0.3 is 14.2 Å². The summed E-state index contributed by atoms with van der Waals surface area (Å²) in [6.07, 6.45) is 28.5. The number of hydrogen-bond donors (Lipinski definition) is 0. The zero-order chi connectivity index (χ0) is 45.8. The SMILES string of the molecule is C=C/C(=C(\C=C\N1C/C=C(\C)N(C/C=C2\C(=C/CC)C(C)(C)CCC2(C)C)/C(C)=C(/C=C\CC(C)C)[B]c2oc3cc4c(cc3c21)C1(C)CCC4(C)CC1)C(C)(C)C)C(C)(C)C. The van der Waals surface area contributed by atoms with Crippen LogP contribution in [0, 0.1) is 27.6 Å². The zero-order valence-corrected chi connectivity index (χ0v) is 42.5. The van der Waals surface area contributed by atoms with Crippen LogP contribution in [0.15, 0.2) is 111 Å². The van der Waals surface area contributed by atoms with Gasteiger partial charge in [-0.05, 0) is 161 Å². The van der Waals surface area contributed by atoms with Crippen molar-refractivity contribution in [3.63, 3.8) is 0 Å². The monoisotopic (exact) mass is 836 g/mol. The molecule has 1 aromatic carbocycles. The number of furan rings is 1. The minimum absolute atomic E-state index is 0.0507. The lowest BCUT2D eigenvalue weighted by Crippen LogP contribution is -2.44. The Morgan fingerprint density at radius 2 is 1.39 bits per heavy atom. The van der Waals surface area contributed by atoms with Crippen molar-refractivity contribution >= 4 is 29.6 Å². The van der Waals surface area contributed by atoms with Crippen LogP contribution in [0.4, 0.5) is 5.69 Å². The van der Waals surface area contributed by atoms with E-state index in [4.69, 9.17) is 4.42 Å². The van der Waals surface area contributed by atoms with Gasteiger partial charge >= 0.3 is 0 Å². The Kier molecular flexibility index (Phi) is 13.4. The van der Waals surface area contributed by atoms with Crippen LogP contribution in [0.1, 0.15) is 180 Å². The number of hydrogen-bond acceptors (Lipinski definition) is 3. The van der Waals surface area contributed by atoms with Gasteiger partial charge in [-0.3, -0.25) is 0 Å². The van der Waals surface area contributed by atoms with Crippen LogP contribution in [-0.4, -0.2) is 25.3 Å². The van der Waals surface area contributed by atoms with Crippen molar-refractivity contribution < 1.29 is 4.42 Å². The summed E-state index contributed by atoms with van der Waals surface area (Å²) in [6.45, 7) is 46.1. The Balaban J connectivity index is 1.62. The van der Waals surface area contributed by atoms with E-state index in [1.54, 1.807) is 0 Å². The highest BCUT2D eigenvalue weighted by molar-refractivity contribution is 6.63. The predicted molar refractivity (Wildman–Crippen MR) is 272 cm³/mol. The first-order valence-corrected chi connectivity index (χ1v) is 24.3. The molecule has 2 bridgehead atoms. The van der Waals surface area contributed by atoms with Crippen molar-refractivity contribution in [1.82, 2.24) is 4.90 Å². The highest BCUT2D eigenvalue weighted by Crippen LogP contribution is 2.57. The molecule has 5 aliphatic rings. The fraction of sp³-hybridized carbons (Fsp3) is 0.586. The molecule has 2 saturated carbocycles. The highest BCUT2D eigenvalue weighted by atomic mass is 16.3. The normalized spacial score (nSPS) is 28.1. The maximum atomic E-state index is 7.23. The first-order valence-electron chi connectivity index (χ1n) is 24.3. The summed E-state index contributed by atoms with van der Waals surface area (Å²) in [5, 5.41) is 1.21. The van der Waals surface area contributed by atoms with Crippen molar-refractivity contribution in [3.05, 3.63) is 118 Å². The van der Waals surface area contributed by atoms with E-state index >= 15 is 0 Å². The minimum Gasteiger partial charge on any atom is -0.469 e. The first kappa shape index (κ1) is 47.8. The van der Waals surface area contributed by atoms with Gasteiger partial charge in [0.1, 0.15) is 5.58 Å². The molecule has 62 heavy (non-hydrogen) atoms. The highest BCUT2D eigenvalue weighted by Gasteiger charge is 2.48. The molecule has 3 nitrogen and oxygen atoms in total. The molecule has 0 saturated heterocycles. The van der Waals surface area contributed by atoms with Crippen LogP contribution in [-0.2, 0) is 10.8 Å². The van der Waals surface area contributed by atoms with Crippen molar-refractivity contribution in [2.75, 3.05) is 18.0 Å². The number of fused-ring (bicyclic) bond motifs is 5. The number of allylic oxidation sites excluding steroid dienone is 12. The molecule has 0 atom stereocenters. The number of anilines is 1. The van der Waals surface area contributed by atoms with Crippen molar-refractivity contribution in [2.24, 2.45) is 27.6 Å². The molecule has 0 spiro atoms. The van der Waals surface area contributed by atoms with E-state index in [1.165, 1.54) is 94.2 Å². The summed E-state index contributed by atoms with van der Waals surface area (Å²) in [5.74, 6) is 0.570. The second kappa shape index (κ2) is 17.4. The quantitative estimate of drug-likeness (QED) is 0.185. The summed E-state index contributed by atoms with van der Waals surface area (Å²) in [7, 11) is 2.36. The maximum Gasteiger partial charge on any atom is 0.246 e. The predicted octanol–water partition coefficient (Wildman–Crippen LogP) is 15.9. The Labute approximate surface area is 380 Å². The smallest absolute Gasteiger partial charge is 0.246 e. The van der Waals surface area contributed by atoms with E-state index in [9.17, 15) is 0 Å². The van der Waals surface area contributed by atoms with Gasteiger partial charge in [-0.2, -0.15) is 0 Å². The van der Waals surface area contributed by atoms with Crippen molar-refractivity contribution in [1.29, 1.82) is 0 Å². The van der Waals surface area contributed by atoms with Crippen LogP contribution in [0.25, 0.3) is 11.0 Å². The van der Waals surface area contributed by atoms with Gasteiger partial charge in [0, 0.05) is 36.1 Å². The summed E-state index contributed by atoms with van der Waals surface area (Å²) in [5.41, 5.74) is 16.0. The molecule has 1 aromatic heterocycles. The van der Waals surface area contributed by atoms with Gasteiger partial charge in [0.05, 0.1) is 11.3 Å². The molecular formula is C58H84BN2O. The van der Waals surface area contributed by atoms with Crippen LogP contribution in [0.5, 0.6) is 0 Å². The lowest BCUT2D eigenvalue weighted by atomic mass is 9.52. The number of benzene rings is 1. The molecule has 4 heteroatoms. The third-order valence-corrected chi connectivity index (χ3v) is 15.4. The first-order chi connectivity index (χ1) is 28.8. The van der Waals surface area contributed by atoms with Crippen LogP contribution >= 0.6 is 0 Å². The third-order valence-electron chi connectivity index (χ3n) is 15.4. The van der Waals surface area contributed by atoms with Crippen LogP contribution < -0.4 is 10.6 Å². The Bertz CT molecular complexity index is 2250. The largest absolute Gasteiger partial charge is 0.469 e. The number of rotatable bonds is 9. The van der Waals surface area contributed by atoms with E-state index in [-0.39, 0.29) is 32.5 Å². The van der Waals surface area contributed by atoms with E-state index in [0.717, 1.165) is 36.3 Å². The molecule has 0 N–H and O–H groups in total. The standard InChI is InChI=1S/C58H84BN2O/c1-19-22-45-46(56(15,16)29-28-55(45,13)14)27-36-61-40(5)25-34-60(35-26-44(54(10,11)12)43(20-2)53(7,8)9)51-42-37-47-48(58(18)32-30-57(47,17)31-33-58)38-50(42)62-52(51)59-49(41(61)6)24-21-23-39(3)4/h20-22,24-27,35,37-39H,2,19,23,28-34,36H2,1,3-18H3/b24-21-,35-26+,40-25+,44-43-,45-22+,46-27+,49-41-. The summed E-state index contributed by atoms with van der Waals surface area (Å²) >= 11 is 0.